The fourth-order valence-electron chi connectivity index (χ4n) is 4.19. The van der Waals surface area contributed by atoms with Gasteiger partial charge in [0.1, 0.15) is 5.69 Å². The summed E-state index contributed by atoms with van der Waals surface area (Å²) < 4.78 is 0. The second kappa shape index (κ2) is 6.26. The monoisotopic (exact) mass is 390 g/mol. The van der Waals surface area contributed by atoms with E-state index in [9.17, 15) is 0 Å². The maximum atomic E-state index is 6.72. The Bertz CT molecular complexity index is 1570. The van der Waals surface area contributed by atoms with Gasteiger partial charge in [0, 0.05) is 10.9 Å². The van der Waals surface area contributed by atoms with E-state index in [0.29, 0.717) is 5.15 Å². The minimum Gasteiger partial charge on any atom is -0.243 e. The van der Waals surface area contributed by atoms with Gasteiger partial charge in [-0.05, 0) is 39.1 Å². The second-order valence-electron chi connectivity index (χ2n) is 7.21. The molecule has 6 aromatic rings. The van der Waals surface area contributed by atoms with E-state index in [1.807, 2.05) is 18.2 Å². The van der Waals surface area contributed by atoms with Crippen LogP contribution in [0.5, 0.6) is 0 Å². The van der Waals surface area contributed by atoms with E-state index < -0.39 is 0 Å². The van der Waals surface area contributed by atoms with Crippen molar-refractivity contribution < 1.29 is 0 Å². The molecule has 0 aliphatic rings. The van der Waals surface area contributed by atoms with Crippen LogP contribution in [0.1, 0.15) is 0 Å². The third-order valence-electron chi connectivity index (χ3n) is 5.54. The Hall–Kier alpha value is -3.49. The van der Waals surface area contributed by atoms with Gasteiger partial charge in [0.15, 0.2) is 5.15 Å². The van der Waals surface area contributed by atoms with Gasteiger partial charge < -0.3 is 0 Å². The molecule has 0 saturated carbocycles. The predicted molar refractivity (Wildman–Crippen MR) is 123 cm³/mol. The number of benzene rings is 5. The van der Waals surface area contributed by atoms with Gasteiger partial charge in [-0.25, -0.2) is 9.97 Å². The van der Waals surface area contributed by atoms with E-state index in [0.717, 1.165) is 43.8 Å². The molecule has 3 heteroatoms. The van der Waals surface area contributed by atoms with Gasteiger partial charge in [-0.2, -0.15) is 0 Å². The van der Waals surface area contributed by atoms with Crippen molar-refractivity contribution >= 4 is 55.0 Å². The molecule has 0 atom stereocenters. The maximum absolute atomic E-state index is 6.72. The number of nitrogens with zero attached hydrogens (tertiary/aromatic N) is 2. The first-order chi connectivity index (χ1) is 14.3. The van der Waals surface area contributed by atoms with Crippen LogP contribution < -0.4 is 0 Å². The molecule has 29 heavy (non-hydrogen) atoms. The predicted octanol–water partition coefficient (Wildman–Crippen LogP) is 7.41. The lowest BCUT2D eigenvalue weighted by atomic mass is 9.95. The SMILES string of the molecule is Clc1nc2c(ccc3ccccc32)nc1-c1cc2ccccc2c2ccccc12. The van der Waals surface area contributed by atoms with Crippen molar-refractivity contribution in [3.8, 4) is 11.3 Å². The van der Waals surface area contributed by atoms with E-state index in [-0.39, 0.29) is 0 Å². The minimum atomic E-state index is 0.425. The Morgan fingerprint density at radius 2 is 1.21 bits per heavy atom. The van der Waals surface area contributed by atoms with E-state index in [2.05, 4.69) is 72.8 Å². The number of hydrogen-bond donors (Lipinski definition) is 0. The van der Waals surface area contributed by atoms with Crippen molar-refractivity contribution in [1.29, 1.82) is 0 Å². The van der Waals surface area contributed by atoms with Crippen LogP contribution in [-0.2, 0) is 0 Å². The summed E-state index contributed by atoms with van der Waals surface area (Å²) in [6, 6.07) is 31.3. The lowest BCUT2D eigenvalue weighted by molar-refractivity contribution is 1.31. The van der Waals surface area contributed by atoms with E-state index in [4.69, 9.17) is 21.6 Å². The molecule has 0 N–H and O–H groups in total. The van der Waals surface area contributed by atoms with Crippen molar-refractivity contribution in [3.63, 3.8) is 0 Å². The highest BCUT2D eigenvalue weighted by Gasteiger charge is 2.15. The normalized spacial score (nSPS) is 11.6. The number of fused-ring (bicyclic) bond motifs is 6. The van der Waals surface area contributed by atoms with Crippen LogP contribution >= 0.6 is 11.6 Å². The lowest BCUT2D eigenvalue weighted by Crippen LogP contribution is -1.94. The zero-order valence-electron chi connectivity index (χ0n) is 15.4. The maximum Gasteiger partial charge on any atom is 0.156 e. The minimum absolute atomic E-state index is 0.425. The van der Waals surface area contributed by atoms with Gasteiger partial charge in [-0.1, -0.05) is 90.5 Å². The second-order valence-corrected chi connectivity index (χ2v) is 7.57. The van der Waals surface area contributed by atoms with Gasteiger partial charge in [0.2, 0.25) is 0 Å². The first-order valence-electron chi connectivity index (χ1n) is 9.55. The van der Waals surface area contributed by atoms with Crippen molar-refractivity contribution in [2.75, 3.05) is 0 Å². The number of halogens is 1. The fraction of sp³-hybridized carbons (Fsp3) is 0. The van der Waals surface area contributed by atoms with Crippen LogP contribution in [0.15, 0.2) is 91.0 Å². The highest BCUT2D eigenvalue weighted by atomic mass is 35.5. The molecule has 1 heterocycles. The van der Waals surface area contributed by atoms with Crippen LogP contribution in [0.25, 0.3) is 54.6 Å². The lowest BCUT2D eigenvalue weighted by Gasteiger charge is -2.12. The summed E-state index contributed by atoms with van der Waals surface area (Å²) in [7, 11) is 0. The van der Waals surface area contributed by atoms with E-state index in [1.165, 1.54) is 10.8 Å². The molecule has 0 aliphatic carbocycles. The molecule has 0 bridgehead atoms. The average Bonchev–Trinajstić information content (AvgIpc) is 2.78. The number of hydrogen-bond acceptors (Lipinski definition) is 2. The van der Waals surface area contributed by atoms with Gasteiger partial charge in [-0.3, -0.25) is 0 Å². The average molecular weight is 391 g/mol. The smallest absolute Gasteiger partial charge is 0.156 e. The zero-order chi connectivity index (χ0) is 19.4. The molecule has 0 radical (unpaired) electrons. The highest BCUT2D eigenvalue weighted by Crippen LogP contribution is 2.37. The summed E-state index contributed by atoms with van der Waals surface area (Å²) in [5.74, 6) is 0. The first kappa shape index (κ1) is 16.5. The van der Waals surface area contributed by atoms with Gasteiger partial charge in [-0.15, -0.1) is 0 Å². The van der Waals surface area contributed by atoms with Crippen LogP contribution in [0, 0.1) is 0 Å². The van der Waals surface area contributed by atoms with Gasteiger partial charge in [0.25, 0.3) is 0 Å². The topological polar surface area (TPSA) is 25.8 Å². The van der Waals surface area contributed by atoms with Crippen LogP contribution in [0.4, 0.5) is 0 Å². The van der Waals surface area contributed by atoms with Crippen LogP contribution in [0.3, 0.4) is 0 Å². The molecule has 5 aromatic carbocycles. The summed E-state index contributed by atoms with van der Waals surface area (Å²) in [6.45, 7) is 0. The summed E-state index contributed by atoms with van der Waals surface area (Å²) in [6.07, 6.45) is 0. The summed E-state index contributed by atoms with van der Waals surface area (Å²) in [4.78, 5) is 9.73. The quantitative estimate of drug-likeness (QED) is 0.273. The van der Waals surface area contributed by atoms with E-state index >= 15 is 0 Å². The van der Waals surface area contributed by atoms with Crippen molar-refractivity contribution in [3.05, 3.63) is 96.1 Å². The molecular formula is C26H15ClN2. The Labute approximate surface area is 172 Å². The molecule has 0 spiro atoms. The van der Waals surface area contributed by atoms with Crippen molar-refractivity contribution in [2.45, 2.75) is 0 Å². The van der Waals surface area contributed by atoms with Gasteiger partial charge in [0.05, 0.1) is 11.0 Å². The molecule has 1 aromatic heterocycles. The molecule has 6 rings (SSSR count). The van der Waals surface area contributed by atoms with Crippen LogP contribution in [0.2, 0.25) is 5.15 Å². The molecule has 136 valence electrons. The molecule has 2 nitrogen and oxygen atoms in total. The highest BCUT2D eigenvalue weighted by molar-refractivity contribution is 6.33. The number of rotatable bonds is 1. The molecule has 0 fully saturated rings. The number of aromatic nitrogens is 2. The first-order valence-corrected chi connectivity index (χ1v) is 9.93. The standard InChI is InChI=1S/C26H15ClN2/c27-26-25(28-23-14-13-16-7-1-4-10-19(16)24(23)29-26)22-15-17-8-2-3-9-18(17)20-11-5-6-12-21(20)22/h1-15H. The van der Waals surface area contributed by atoms with Crippen molar-refractivity contribution in [1.82, 2.24) is 9.97 Å². The van der Waals surface area contributed by atoms with Crippen molar-refractivity contribution in [2.24, 2.45) is 0 Å². The summed E-state index contributed by atoms with van der Waals surface area (Å²) in [5.41, 5.74) is 3.41. The largest absolute Gasteiger partial charge is 0.243 e. The van der Waals surface area contributed by atoms with E-state index in [1.54, 1.807) is 0 Å². The Morgan fingerprint density at radius 3 is 2.03 bits per heavy atom. The molecule has 0 saturated heterocycles. The van der Waals surface area contributed by atoms with Gasteiger partial charge >= 0.3 is 0 Å². The Kier molecular flexibility index (Phi) is 3.56. The third-order valence-corrected chi connectivity index (χ3v) is 5.80. The van der Waals surface area contributed by atoms with Crippen LogP contribution in [-0.4, -0.2) is 9.97 Å². The Morgan fingerprint density at radius 1 is 0.552 bits per heavy atom. The molecule has 0 amide bonds. The fourth-order valence-corrected chi connectivity index (χ4v) is 4.42. The summed E-state index contributed by atoms with van der Waals surface area (Å²) in [5, 5.41) is 7.33. The molecule has 0 aliphatic heterocycles. The zero-order valence-corrected chi connectivity index (χ0v) is 16.2. The molecule has 0 unspecified atom stereocenters. The summed E-state index contributed by atoms with van der Waals surface area (Å²) >= 11 is 6.72. The molecular weight excluding hydrogens is 376 g/mol. The Balaban J connectivity index is 1.72. The third kappa shape index (κ3) is 2.50.